The zero-order chi connectivity index (χ0) is 11.1. The van der Waals surface area contributed by atoms with Crippen LogP contribution in [0.5, 0.6) is 5.75 Å². The summed E-state index contributed by atoms with van der Waals surface area (Å²) in [5, 5.41) is 9.41. The average Bonchev–Trinajstić information content (AvgIpc) is 2.98. The topological polar surface area (TPSA) is 46.2 Å². The van der Waals surface area contributed by atoms with E-state index in [1.165, 1.54) is 24.3 Å². The van der Waals surface area contributed by atoms with Gasteiger partial charge in [0.15, 0.2) is 0 Å². The predicted molar refractivity (Wildman–Crippen MR) is 52.7 cm³/mol. The van der Waals surface area contributed by atoms with Crippen molar-refractivity contribution in [2.45, 2.75) is 18.8 Å². The molecule has 1 saturated carbocycles. The molecule has 3 N–H and O–H groups in total. The molecule has 1 fully saturated rings. The van der Waals surface area contributed by atoms with Crippen molar-refractivity contribution in [3.05, 3.63) is 29.8 Å². The van der Waals surface area contributed by atoms with E-state index in [-0.39, 0.29) is 17.9 Å². The van der Waals surface area contributed by atoms with Gasteiger partial charge in [-0.25, -0.2) is 8.78 Å². The average molecular weight is 213 g/mol. The minimum Gasteiger partial charge on any atom is -0.507 e. The van der Waals surface area contributed by atoms with Gasteiger partial charge in [-0.1, -0.05) is 12.1 Å². The Balaban J connectivity index is 2.42. The maximum Gasteiger partial charge on any atom is 0.283 e. The minimum absolute atomic E-state index is 0.0473. The number of rotatable bonds is 3. The van der Waals surface area contributed by atoms with Crippen molar-refractivity contribution in [1.29, 1.82) is 0 Å². The number of phenolic OH excluding ortho intramolecular Hbond substituents is 1. The highest BCUT2D eigenvalue weighted by Crippen LogP contribution is 2.61. The highest BCUT2D eigenvalue weighted by molar-refractivity contribution is 5.38. The molecule has 0 saturated heterocycles. The van der Waals surface area contributed by atoms with Crippen molar-refractivity contribution < 1.29 is 13.9 Å². The second kappa shape index (κ2) is 3.17. The van der Waals surface area contributed by atoms with Crippen LogP contribution < -0.4 is 5.73 Å². The summed E-state index contributed by atoms with van der Waals surface area (Å²) < 4.78 is 28.0. The quantitative estimate of drug-likeness (QED) is 0.808. The summed E-state index contributed by atoms with van der Waals surface area (Å²) in [6, 6.07) is 5.55. The van der Waals surface area contributed by atoms with E-state index in [1.807, 2.05) is 0 Å². The number of benzene rings is 1. The molecule has 0 aromatic heterocycles. The fourth-order valence-corrected chi connectivity index (χ4v) is 1.82. The second-order valence-corrected chi connectivity index (χ2v) is 4.08. The van der Waals surface area contributed by atoms with Gasteiger partial charge in [-0.2, -0.15) is 0 Å². The van der Waals surface area contributed by atoms with Gasteiger partial charge in [-0.15, -0.1) is 0 Å². The Hall–Kier alpha value is -1.16. The number of alkyl halides is 2. The molecule has 0 spiro atoms. The lowest BCUT2D eigenvalue weighted by molar-refractivity contribution is -0.0777. The largest absolute Gasteiger partial charge is 0.507 e. The van der Waals surface area contributed by atoms with Gasteiger partial charge in [0.05, 0.1) is 11.0 Å². The number of halogens is 2. The van der Waals surface area contributed by atoms with Gasteiger partial charge in [0.25, 0.3) is 5.92 Å². The molecule has 2 rings (SSSR count). The summed E-state index contributed by atoms with van der Waals surface area (Å²) in [7, 11) is 0. The van der Waals surface area contributed by atoms with Crippen molar-refractivity contribution in [3.63, 3.8) is 0 Å². The molecule has 0 unspecified atom stereocenters. The van der Waals surface area contributed by atoms with Crippen LogP contribution in [0.25, 0.3) is 0 Å². The Kier molecular flexibility index (Phi) is 2.19. The molecule has 0 radical (unpaired) electrons. The fraction of sp³-hybridized carbons (Fsp3) is 0.455. The normalized spacial score (nSPS) is 18.9. The summed E-state index contributed by atoms with van der Waals surface area (Å²) in [4.78, 5) is 0. The van der Waals surface area contributed by atoms with E-state index in [0.717, 1.165) is 0 Å². The van der Waals surface area contributed by atoms with Crippen molar-refractivity contribution in [1.82, 2.24) is 0 Å². The van der Waals surface area contributed by atoms with E-state index in [4.69, 9.17) is 5.73 Å². The maximum absolute atomic E-state index is 14.0. The molecule has 0 bridgehead atoms. The van der Waals surface area contributed by atoms with Gasteiger partial charge in [0.2, 0.25) is 0 Å². The third kappa shape index (κ3) is 1.40. The van der Waals surface area contributed by atoms with Crippen molar-refractivity contribution in [2.24, 2.45) is 11.1 Å². The van der Waals surface area contributed by atoms with Crippen molar-refractivity contribution >= 4 is 0 Å². The second-order valence-electron chi connectivity index (χ2n) is 4.08. The van der Waals surface area contributed by atoms with Gasteiger partial charge in [-0.3, -0.25) is 0 Å². The highest BCUT2D eigenvalue weighted by atomic mass is 19.3. The van der Waals surface area contributed by atoms with E-state index >= 15 is 0 Å². The predicted octanol–water partition coefficient (Wildman–Crippen LogP) is 2.22. The molecular formula is C11H13F2NO. The Morgan fingerprint density at radius 2 is 1.93 bits per heavy atom. The Morgan fingerprint density at radius 1 is 1.33 bits per heavy atom. The van der Waals surface area contributed by atoms with Crippen LogP contribution in [-0.2, 0) is 5.92 Å². The number of aromatic hydroxyl groups is 1. The summed E-state index contributed by atoms with van der Waals surface area (Å²) in [5.74, 6) is -3.39. The molecule has 2 nitrogen and oxygen atoms in total. The summed E-state index contributed by atoms with van der Waals surface area (Å²) in [6.07, 6.45) is 0.843. The van der Waals surface area contributed by atoms with E-state index < -0.39 is 11.3 Å². The van der Waals surface area contributed by atoms with Crippen LogP contribution in [0, 0.1) is 5.41 Å². The lowest BCUT2D eigenvalue weighted by Gasteiger charge is -2.26. The van der Waals surface area contributed by atoms with Crippen LogP contribution in [-0.4, -0.2) is 11.7 Å². The number of para-hydroxylation sites is 1. The molecule has 82 valence electrons. The molecule has 0 aliphatic heterocycles. The smallest absolute Gasteiger partial charge is 0.283 e. The molecule has 1 aliphatic carbocycles. The van der Waals surface area contributed by atoms with E-state index in [9.17, 15) is 13.9 Å². The zero-order valence-electron chi connectivity index (χ0n) is 8.21. The molecule has 0 heterocycles. The highest BCUT2D eigenvalue weighted by Gasteiger charge is 2.62. The van der Waals surface area contributed by atoms with Crippen LogP contribution >= 0.6 is 0 Å². The number of hydrogen-bond acceptors (Lipinski definition) is 2. The first-order valence-electron chi connectivity index (χ1n) is 4.90. The van der Waals surface area contributed by atoms with Gasteiger partial charge in [0, 0.05) is 6.54 Å². The van der Waals surface area contributed by atoms with Crippen LogP contribution in [0.2, 0.25) is 0 Å². The molecule has 0 amide bonds. The van der Waals surface area contributed by atoms with Crippen LogP contribution in [0.3, 0.4) is 0 Å². The Morgan fingerprint density at radius 3 is 2.40 bits per heavy atom. The molecular weight excluding hydrogens is 200 g/mol. The SMILES string of the molecule is NCC1(C(F)(F)c2ccccc2O)CC1. The summed E-state index contributed by atoms with van der Waals surface area (Å²) >= 11 is 0. The molecule has 0 atom stereocenters. The van der Waals surface area contributed by atoms with Crippen molar-refractivity contribution in [2.75, 3.05) is 6.54 Å². The molecule has 4 heteroatoms. The van der Waals surface area contributed by atoms with Gasteiger partial charge >= 0.3 is 0 Å². The third-order valence-corrected chi connectivity index (χ3v) is 3.15. The lowest BCUT2D eigenvalue weighted by atomic mass is 9.91. The maximum atomic E-state index is 14.0. The van der Waals surface area contributed by atoms with Crippen LogP contribution in [0.1, 0.15) is 18.4 Å². The lowest BCUT2D eigenvalue weighted by Crippen LogP contribution is -2.33. The number of hydrogen-bond donors (Lipinski definition) is 2. The third-order valence-electron chi connectivity index (χ3n) is 3.15. The summed E-state index contributed by atoms with van der Waals surface area (Å²) in [6.45, 7) is -0.0473. The van der Waals surface area contributed by atoms with E-state index in [1.54, 1.807) is 0 Å². The first kappa shape index (κ1) is 10.4. The number of nitrogens with two attached hydrogens (primary N) is 1. The van der Waals surface area contributed by atoms with Crippen LogP contribution in [0.15, 0.2) is 24.3 Å². The molecule has 1 aromatic carbocycles. The van der Waals surface area contributed by atoms with Crippen molar-refractivity contribution in [3.8, 4) is 5.75 Å². The Labute approximate surface area is 86.7 Å². The minimum atomic E-state index is -3.03. The van der Waals surface area contributed by atoms with Gasteiger partial charge in [-0.05, 0) is 25.0 Å². The van der Waals surface area contributed by atoms with Crippen LogP contribution in [0.4, 0.5) is 8.78 Å². The summed E-state index contributed by atoms with van der Waals surface area (Å²) in [5.41, 5.74) is 3.94. The first-order chi connectivity index (χ1) is 7.03. The van der Waals surface area contributed by atoms with E-state index in [0.29, 0.717) is 12.8 Å². The zero-order valence-corrected chi connectivity index (χ0v) is 8.21. The standard InChI is InChI=1S/C11H13F2NO/c12-11(13,10(7-14)5-6-10)8-3-1-2-4-9(8)15/h1-4,15H,5-7,14H2. The Bertz CT molecular complexity index is 375. The molecule has 15 heavy (non-hydrogen) atoms. The monoisotopic (exact) mass is 213 g/mol. The van der Waals surface area contributed by atoms with Gasteiger partial charge in [0.1, 0.15) is 5.75 Å². The molecule has 1 aliphatic rings. The van der Waals surface area contributed by atoms with Gasteiger partial charge < -0.3 is 10.8 Å². The van der Waals surface area contributed by atoms with E-state index in [2.05, 4.69) is 0 Å². The molecule has 1 aromatic rings. The number of phenols is 1. The fourth-order valence-electron chi connectivity index (χ4n) is 1.82. The first-order valence-corrected chi connectivity index (χ1v) is 4.90.